The second kappa shape index (κ2) is 10.2. The van der Waals surface area contributed by atoms with Crippen molar-refractivity contribution in [1.29, 1.82) is 0 Å². The quantitative estimate of drug-likeness (QED) is 0.195. The lowest BCUT2D eigenvalue weighted by Crippen LogP contribution is -2.30. The summed E-state index contributed by atoms with van der Waals surface area (Å²) in [6, 6.07) is 10.2. The second-order valence-electron chi connectivity index (χ2n) is 9.35. The first kappa shape index (κ1) is 23.5. The Hall–Kier alpha value is -2.27. The van der Waals surface area contributed by atoms with E-state index in [-0.39, 0.29) is 12.6 Å². The van der Waals surface area contributed by atoms with Crippen molar-refractivity contribution in [3.8, 4) is 0 Å². The smallest absolute Gasteiger partial charge is 0.191 e. The maximum atomic E-state index is 10.6. The monoisotopic (exact) mass is 484 g/mol. The van der Waals surface area contributed by atoms with Crippen molar-refractivity contribution in [1.82, 2.24) is 25.0 Å². The first-order chi connectivity index (χ1) is 16.6. The highest BCUT2D eigenvalue weighted by atomic mass is 32.2. The topological polar surface area (TPSA) is 129 Å². The van der Waals surface area contributed by atoms with E-state index in [1.807, 2.05) is 6.07 Å². The molecule has 0 radical (unpaired) electrons. The Morgan fingerprint density at radius 3 is 2.65 bits per heavy atom. The van der Waals surface area contributed by atoms with Gasteiger partial charge in [-0.3, -0.25) is 0 Å². The van der Waals surface area contributed by atoms with Gasteiger partial charge in [-0.1, -0.05) is 67.1 Å². The second-order valence-corrected chi connectivity index (χ2v) is 10.4. The molecule has 2 aliphatic carbocycles. The standard InChI is InChI=1S/C24H32N6O3S/c1-2-3-7-10-34-24-26-22(25-17-12-16(17)14-8-5-4-6-9-14)19-23(27-24)30(29-28-19)18-11-15(13-31)20(32)21(18)33/h4-6,8-9,15-18,20-21,31-33H,2-3,7,10-13H2,1H3,(H,25,26,27)/t15-,16?,17?,18-,20-,21+/m0/s1. The van der Waals surface area contributed by atoms with Gasteiger partial charge in [-0.25, -0.2) is 14.6 Å². The number of hydrogen-bond donors (Lipinski definition) is 4. The van der Waals surface area contributed by atoms with Gasteiger partial charge >= 0.3 is 0 Å². The summed E-state index contributed by atoms with van der Waals surface area (Å²) in [4.78, 5) is 9.53. The number of unbranched alkanes of at least 4 members (excludes halogenated alkanes) is 2. The van der Waals surface area contributed by atoms with Crippen LogP contribution in [0.2, 0.25) is 0 Å². The average molecular weight is 485 g/mol. The molecule has 5 rings (SSSR count). The molecule has 2 aromatic heterocycles. The Kier molecular flexibility index (Phi) is 7.01. The van der Waals surface area contributed by atoms with Crippen LogP contribution in [0.5, 0.6) is 0 Å². The van der Waals surface area contributed by atoms with Crippen molar-refractivity contribution < 1.29 is 15.3 Å². The van der Waals surface area contributed by atoms with E-state index < -0.39 is 24.2 Å². The number of benzene rings is 1. The number of nitrogens with zero attached hydrogens (tertiary/aromatic N) is 5. The van der Waals surface area contributed by atoms with Crippen LogP contribution in [0.15, 0.2) is 35.5 Å². The number of hydrogen-bond acceptors (Lipinski definition) is 9. The largest absolute Gasteiger partial charge is 0.396 e. The van der Waals surface area contributed by atoms with Crippen LogP contribution in [0.3, 0.4) is 0 Å². The van der Waals surface area contributed by atoms with E-state index in [0.717, 1.165) is 31.4 Å². The van der Waals surface area contributed by atoms with E-state index in [4.69, 9.17) is 9.97 Å². The fourth-order valence-electron chi connectivity index (χ4n) is 4.84. The van der Waals surface area contributed by atoms with Crippen LogP contribution in [-0.4, -0.2) is 70.9 Å². The summed E-state index contributed by atoms with van der Waals surface area (Å²) in [6.07, 6.45) is 2.79. The summed E-state index contributed by atoms with van der Waals surface area (Å²) in [5.74, 6) is 1.61. The van der Waals surface area contributed by atoms with Gasteiger partial charge in [-0.05, 0) is 24.8 Å². The fourth-order valence-corrected chi connectivity index (χ4v) is 5.67. The van der Waals surface area contributed by atoms with E-state index in [9.17, 15) is 15.3 Å². The van der Waals surface area contributed by atoms with Crippen LogP contribution in [-0.2, 0) is 0 Å². The van der Waals surface area contributed by atoms with Gasteiger partial charge in [0, 0.05) is 30.2 Å². The van der Waals surface area contributed by atoms with Crippen molar-refractivity contribution in [3.63, 3.8) is 0 Å². The molecule has 9 nitrogen and oxygen atoms in total. The third-order valence-electron chi connectivity index (χ3n) is 6.94. The van der Waals surface area contributed by atoms with E-state index in [1.54, 1.807) is 16.4 Å². The molecule has 2 saturated carbocycles. The highest BCUT2D eigenvalue weighted by molar-refractivity contribution is 7.99. The molecule has 0 amide bonds. The predicted octanol–water partition coefficient (Wildman–Crippen LogP) is 2.75. The molecule has 0 saturated heterocycles. The van der Waals surface area contributed by atoms with Crippen molar-refractivity contribution in [2.45, 2.75) is 74.4 Å². The fraction of sp³-hybridized carbons (Fsp3) is 0.583. The Morgan fingerprint density at radius 1 is 1.09 bits per heavy atom. The van der Waals surface area contributed by atoms with Crippen LogP contribution in [0, 0.1) is 5.92 Å². The van der Waals surface area contributed by atoms with Gasteiger partial charge in [0.05, 0.1) is 12.1 Å². The summed E-state index contributed by atoms with van der Waals surface area (Å²) in [6.45, 7) is 1.99. The van der Waals surface area contributed by atoms with Gasteiger partial charge in [0.1, 0.15) is 6.10 Å². The lowest BCUT2D eigenvalue weighted by molar-refractivity contribution is -0.00512. The van der Waals surface area contributed by atoms with Crippen LogP contribution in [0.4, 0.5) is 5.82 Å². The lowest BCUT2D eigenvalue weighted by atomic mass is 10.1. The number of aromatic nitrogens is 5. The Balaban J connectivity index is 1.44. The van der Waals surface area contributed by atoms with E-state index >= 15 is 0 Å². The molecule has 4 N–H and O–H groups in total. The van der Waals surface area contributed by atoms with Crippen molar-refractivity contribution in [2.24, 2.45) is 5.92 Å². The number of aliphatic hydroxyl groups excluding tert-OH is 3. The molecule has 0 spiro atoms. The summed E-state index contributed by atoms with van der Waals surface area (Å²) in [5, 5.41) is 43.4. The Bertz CT molecular complexity index is 1110. The van der Waals surface area contributed by atoms with Crippen LogP contribution >= 0.6 is 11.8 Å². The molecule has 0 bridgehead atoms. The molecular formula is C24H32N6O3S. The summed E-state index contributed by atoms with van der Waals surface area (Å²) in [7, 11) is 0. The molecular weight excluding hydrogens is 452 g/mol. The SMILES string of the molecule is CCCCCSc1nc(NC2CC2c2ccccc2)c2nnn([C@H]3C[C@@H](CO)[C@H](O)[C@@H]3O)c2n1. The summed E-state index contributed by atoms with van der Waals surface area (Å²) >= 11 is 1.61. The minimum Gasteiger partial charge on any atom is -0.396 e. The van der Waals surface area contributed by atoms with Gasteiger partial charge in [0.2, 0.25) is 0 Å². The van der Waals surface area contributed by atoms with E-state index in [0.29, 0.717) is 34.5 Å². The average Bonchev–Trinajstić information content (AvgIpc) is 3.40. The number of aliphatic hydroxyl groups is 3. The van der Waals surface area contributed by atoms with Gasteiger partial charge in [-0.15, -0.1) is 5.10 Å². The highest BCUT2D eigenvalue weighted by Gasteiger charge is 2.44. The molecule has 3 aromatic rings. The minimum absolute atomic E-state index is 0.190. The van der Waals surface area contributed by atoms with Gasteiger partial charge < -0.3 is 20.6 Å². The normalized spacial score (nSPS) is 28.5. The van der Waals surface area contributed by atoms with Crippen molar-refractivity contribution in [3.05, 3.63) is 35.9 Å². The molecule has 182 valence electrons. The molecule has 1 aromatic carbocycles. The van der Waals surface area contributed by atoms with Crippen LogP contribution < -0.4 is 5.32 Å². The molecule has 34 heavy (non-hydrogen) atoms. The summed E-state index contributed by atoms with van der Waals surface area (Å²) < 4.78 is 1.60. The Labute approximate surface area is 203 Å². The molecule has 2 heterocycles. The predicted molar refractivity (Wildman–Crippen MR) is 131 cm³/mol. The lowest BCUT2D eigenvalue weighted by Gasteiger charge is -2.17. The first-order valence-electron chi connectivity index (χ1n) is 12.1. The zero-order valence-corrected chi connectivity index (χ0v) is 20.1. The maximum absolute atomic E-state index is 10.6. The third-order valence-corrected chi connectivity index (χ3v) is 7.88. The number of thioether (sulfide) groups is 1. The zero-order valence-electron chi connectivity index (χ0n) is 19.3. The van der Waals surface area contributed by atoms with Crippen LogP contribution in [0.1, 0.15) is 56.6 Å². The summed E-state index contributed by atoms with van der Waals surface area (Å²) in [5.41, 5.74) is 2.41. The zero-order chi connectivity index (χ0) is 23.7. The molecule has 6 atom stereocenters. The van der Waals surface area contributed by atoms with Crippen LogP contribution in [0.25, 0.3) is 11.2 Å². The molecule has 2 unspecified atom stereocenters. The van der Waals surface area contributed by atoms with Crippen molar-refractivity contribution in [2.75, 3.05) is 17.7 Å². The van der Waals surface area contributed by atoms with E-state index in [2.05, 4.69) is 46.8 Å². The Morgan fingerprint density at radius 2 is 1.91 bits per heavy atom. The van der Waals surface area contributed by atoms with Crippen molar-refractivity contribution >= 4 is 28.7 Å². The number of fused-ring (bicyclic) bond motifs is 1. The van der Waals surface area contributed by atoms with Gasteiger partial charge in [-0.2, -0.15) is 0 Å². The molecule has 10 heteroatoms. The molecule has 2 fully saturated rings. The van der Waals surface area contributed by atoms with E-state index in [1.165, 1.54) is 5.56 Å². The minimum atomic E-state index is -1.04. The number of nitrogens with one attached hydrogen (secondary N) is 1. The van der Waals surface area contributed by atoms with Gasteiger partial charge in [0.25, 0.3) is 0 Å². The van der Waals surface area contributed by atoms with Gasteiger partial charge in [0.15, 0.2) is 22.1 Å². The highest BCUT2D eigenvalue weighted by Crippen LogP contribution is 2.43. The molecule has 2 aliphatic rings. The third kappa shape index (κ3) is 4.64. The number of anilines is 1. The number of rotatable bonds is 10. The molecule has 0 aliphatic heterocycles. The maximum Gasteiger partial charge on any atom is 0.191 e. The first-order valence-corrected chi connectivity index (χ1v) is 13.1.